The van der Waals surface area contributed by atoms with Crippen molar-refractivity contribution in [3.8, 4) is 0 Å². The first kappa shape index (κ1) is 18.3. The second-order valence-corrected chi connectivity index (χ2v) is 7.81. The van der Waals surface area contributed by atoms with E-state index in [0.29, 0.717) is 0 Å². The number of hydrogen-bond acceptors (Lipinski definition) is 4. The Morgan fingerprint density at radius 2 is 1.82 bits per heavy atom. The van der Waals surface area contributed by atoms with Crippen molar-refractivity contribution >= 4 is 21.4 Å². The Bertz CT molecular complexity index is 640. The predicted molar refractivity (Wildman–Crippen MR) is 80.8 cm³/mol. The zero-order valence-corrected chi connectivity index (χ0v) is 13.7. The third-order valence-corrected chi connectivity index (χ3v) is 4.14. The number of carbonyl (C=O) groups excluding carboxylic acids is 1. The summed E-state index contributed by atoms with van der Waals surface area (Å²) in [5, 5.41) is 2.72. The fraction of sp³-hybridized carbons (Fsp3) is 0.500. The van der Waals surface area contributed by atoms with Gasteiger partial charge in [-0.2, -0.15) is 8.78 Å². The number of alkyl halides is 2. The number of amides is 1. The summed E-state index contributed by atoms with van der Waals surface area (Å²) in [7, 11) is -3.26. The number of nitrogens with zero attached hydrogens (tertiary/aromatic N) is 1. The van der Waals surface area contributed by atoms with Crippen molar-refractivity contribution in [1.29, 1.82) is 0 Å². The maximum Gasteiger partial charge on any atom is 0.341 e. The fourth-order valence-corrected chi connectivity index (χ4v) is 2.84. The van der Waals surface area contributed by atoms with Gasteiger partial charge in [-0.25, -0.2) is 8.42 Å². The molecular weight excluding hydrogens is 314 g/mol. The smallest absolute Gasteiger partial charge is 0.341 e. The highest BCUT2D eigenvalue weighted by atomic mass is 32.2. The van der Waals surface area contributed by atoms with Gasteiger partial charge < -0.3 is 10.2 Å². The van der Waals surface area contributed by atoms with Crippen LogP contribution in [-0.4, -0.2) is 39.2 Å². The van der Waals surface area contributed by atoms with Gasteiger partial charge in [0.1, 0.15) is 0 Å². The van der Waals surface area contributed by atoms with E-state index in [0.717, 1.165) is 6.07 Å². The van der Waals surface area contributed by atoms with Crippen LogP contribution >= 0.6 is 0 Å². The van der Waals surface area contributed by atoms with Crippen LogP contribution in [0, 0.1) is 0 Å². The Morgan fingerprint density at radius 3 is 2.32 bits per heavy atom. The topological polar surface area (TPSA) is 66.5 Å². The monoisotopic (exact) mass is 334 g/mol. The number of carbonyl (C=O) groups is 1. The molecule has 0 aliphatic heterocycles. The molecule has 0 fully saturated rings. The molecular formula is C14H20F2N2O3S. The molecule has 0 saturated heterocycles. The zero-order chi connectivity index (χ0) is 17.1. The van der Waals surface area contributed by atoms with E-state index in [1.54, 1.807) is 20.8 Å². The number of rotatable bonds is 5. The molecule has 0 aliphatic carbocycles. The van der Waals surface area contributed by atoms with E-state index < -0.39 is 26.0 Å². The van der Waals surface area contributed by atoms with Crippen LogP contribution in [0.5, 0.6) is 0 Å². The van der Waals surface area contributed by atoms with E-state index in [2.05, 4.69) is 5.32 Å². The molecule has 1 rings (SSSR count). The molecule has 0 bridgehead atoms. The molecule has 0 heterocycles. The molecule has 0 radical (unpaired) electrons. The number of para-hydroxylation sites is 1. The van der Waals surface area contributed by atoms with Crippen LogP contribution in [0.25, 0.3) is 0 Å². The van der Waals surface area contributed by atoms with Gasteiger partial charge in [0.15, 0.2) is 0 Å². The van der Waals surface area contributed by atoms with Crippen LogP contribution in [0.2, 0.25) is 0 Å². The molecule has 124 valence electrons. The van der Waals surface area contributed by atoms with Crippen molar-refractivity contribution in [2.45, 2.75) is 37.0 Å². The van der Waals surface area contributed by atoms with Crippen molar-refractivity contribution in [2.24, 2.45) is 0 Å². The molecule has 0 aliphatic rings. The Hall–Kier alpha value is -1.70. The molecule has 0 saturated carbocycles. The first-order valence-corrected chi connectivity index (χ1v) is 8.13. The van der Waals surface area contributed by atoms with Crippen molar-refractivity contribution in [1.82, 2.24) is 5.32 Å². The molecule has 8 heteroatoms. The van der Waals surface area contributed by atoms with E-state index in [-0.39, 0.29) is 18.1 Å². The third kappa shape index (κ3) is 4.66. The molecule has 0 unspecified atom stereocenters. The summed E-state index contributed by atoms with van der Waals surface area (Å²) < 4.78 is 48.9. The van der Waals surface area contributed by atoms with Crippen LogP contribution in [-0.2, 0) is 14.6 Å². The minimum Gasteiger partial charge on any atom is -0.364 e. The first-order valence-electron chi connectivity index (χ1n) is 6.58. The van der Waals surface area contributed by atoms with Gasteiger partial charge in [0, 0.05) is 12.6 Å². The number of likely N-dealkylation sites (N-methyl/N-ethyl adjacent to an activating group) is 1. The molecule has 5 nitrogen and oxygen atoms in total. The van der Waals surface area contributed by atoms with Crippen molar-refractivity contribution in [2.75, 3.05) is 18.5 Å². The molecule has 1 amide bonds. The highest BCUT2D eigenvalue weighted by Gasteiger charge is 2.30. The van der Waals surface area contributed by atoms with Crippen LogP contribution < -0.4 is 10.2 Å². The summed E-state index contributed by atoms with van der Waals surface area (Å²) in [5.41, 5.74) is -0.376. The Labute approximate surface area is 129 Å². The van der Waals surface area contributed by atoms with Gasteiger partial charge in [0.25, 0.3) is 0 Å². The van der Waals surface area contributed by atoms with Crippen LogP contribution in [0.3, 0.4) is 0 Å². The van der Waals surface area contributed by atoms with Gasteiger partial charge in [-0.15, -0.1) is 0 Å². The maximum absolute atomic E-state index is 12.7. The van der Waals surface area contributed by atoms with Gasteiger partial charge >= 0.3 is 5.76 Å². The summed E-state index contributed by atoms with van der Waals surface area (Å²) in [6.45, 7) is 5.27. The summed E-state index contributed by atoms with van der Waals surface area (Å²) in [4.78, 5) is 12.7. The van der Waals surface area contributed by atoms with E-state index in [1.807, 2.05) is 0 Å². The summed E-state index contributed by atoms with van der Waals surface area (Å²) in [6.07, 6.45) is 0. The number of halogens is 2. The number of nitrogens with one attached hydrogen (secondary N) is 1. The highest BCUT2D eigenvalue weighted by molar-refractivity contribution is 7.91. The molecule has 1 aromatic carbocycles. The Kier molecular flexibility index (Phi) is 5.50. The average Bonchev–Trinajstić information content (AvgIpc) is 2.36. The van der Waals surface area contributed by atoms with Crippen molar-refractivity contribution in [3.63, 3.8) is 0 Å². The lowest BCUT2D eigenvalue weighted by molar-refractivity contribution is -0.121. The number of benzene rings is 1. The van der Waals surface area contributed by atoms with Gasteiger partial charge in [-0.05, 0) is 32.9 Å². The van der Waals surface area contributed by atoms with Crippen molar-refractivity contribution in [3.05, 3.63) is 24.3 Å². The second-order valence-electron chi connectivity index (χ2n) is 5.93. The molecule has 1 aromatic rings. The lowest BCUT2D eigenvalue weighted by atomic mass is 10.1. The van der Waals surface area contributed by atoms with Crippen LogP contribution in [0.1, 0.15) is 20.8 Å². The van der Waals surface area contributed by atoms with E-state index in [9.17, 15) is 22.0 Å². The Balaban J connectivity index is 3.06. The molecule has 0 atom stereocenters. The second kappa shape index (κ2) is 6.60. The SMILES string of the molecule is CN(CC(=O)NC(C)(C)C)c1ccccc1S(=O)(=O)C(F)F. The number of sulfone groups is 1. The van der Waals surface area contributed by atoms with Gasteiger partial charge in [-0.1, -0.05) is 12.1 Å². The fourth-order valence-electron chi connectivity index (χ4n) is 1.87. The minimum absolute atomic E-state index is 0.0619. The van der Waals surface area contributed by atoms with Gasteiger partial charge in [-0.3, -0.25) is 4.79 Å². The molecule has 0 spiro atoms. The number of anilines is 1. The lowest BCUT2D eigenvalue weighted by Crippen LogP contribution is -2.45. The normalized spacial score (nSPS) is 12.3. The minimum atomic E-state index is -4.73. The van der Waals surface area contributed by atoms with Crippen LogP contribution in [0.4, 0.5) is 14.5 Å². The molecule has 22 heavy (non-hydrogen) atoms. The maximum atomic E-state index is 12.7. The van der Waals surface area contributed by atoms with Gasteiger partial charge in [0.05, 0.1) is 17.1 Å². The first-order chi connectivity index (χ1) is 9.95. The standard InChI is InChI=1S/C14H20F2N2O3S/c1-14(2,3)17-12(19)9-18(4)10-7-5-6-8-11(10)22(20,21)13(15)16/h5-8,13H,9H2,1-4H3,(H,17,19). The quantitative estimate of drug-likeness (QED) is 0.895. The van der Waals surface area contributed by atoms with Crippen molar-refractivity contribution < 1.29 is 22.0 Å². The van der Waals surface area contributed by atoms with Gasteiger partial charge in [0.2, 0.25) is 15.7 Å². The van der Waals surface area contributed by atoms with E-state index >= 15 is 0 Å². The molecule has 1 N–H and O–H groups in total. The predicted octanol–water partition coefficient (Wildman–Crippen LogP) is 2.03. The average molecular weight is 334 g/mol. The lowest BCUT2D eigenvalue weighted by Gasteiger charge is -2.25. The van der Waals surface area contributed by atoms with E-state index in [1.165, 1.54) is 30.1 Å². The largest absolute Gasteiger partial charge is 0.364 e. The summed E-state index contributed by atoms with van der Waals surface area (Å²) in [5.74, 6) is -3.84. The third-order valence-electron chi connectivity index (χ3n) is 2.71. The number of hydrogen-bond donors (Lipinski definition) is 1. The summed E-state index contributed by atoms with van der Waals surface area (Å²) in [6, 6.07) is 5.38. The Morgan fingerprint density at radius 1 is 1.27 bits per heavy atom. The highest BCUT2D eigenvalue weighted by Crippen LogP contribution is 2.28. The zero-order valence-electron chi connectivity index (χ0n) is 12.9. The summed E-state index contributed by atoms with van der Waals surface area (Å²) >= 11 is 0. The van der Waals surface area contributed by atoms with E-state index in [4.69, 9.17) is 0 Å². The van der Waals surface area contributed by atoms with Crippen LogP contribution in [0.15, 0.2) is 29.2 Å². The molecule has 0 aromatic heterocycles.